The van der Waals surface area contributed by atoms with Crippen LogP contribution in [0.3, 0.4) is 0 Å². The van der Waals surface area contributed by atoms with Crippen LogP contribution in [0.15, 0.2) is 0 Å². The Bertz CT molecular complexity index is 130. The minimum absolute atomic E-state index is 0.0849. The lowest BCUT2D eigenvalue weighted by atomic mass is 9.95. The summed E-state index contributed by atoms with van der Waals surface area (Å²) >= 11 is 0. The lowest BCUT2D eigenvalue weighted by Gasteiger charge is -2.25. The summed E-state index contributed by atoms with van der Waals surface area (Å²) in [6.07, 6.45) is 5.09. The fraction of sp³-hybridized carbons (Fsp3) is 1.00. The first-order valence-corrected chi connectivity index (χ1v) is 5.70. The average molecular weight is 202 g/mol. The molecule has 0 radical (unpaired) electrons. The van der Waals surface area contributed by atoms with Crippen molar-refractivity contribution in [3.05, 3.63) is 0 Å². The zero-order valence-corrected chi connectivity index (χ0v) is 9.08. The predicted molar refractivity (Wildman–Crippen MR) is 55.3 cm³/mol. The van der Waals surface area contributed by atoms with E-state index in [0.717, 1.165) is 51.9 Å². The first-order chi connectivity index (χ1) is 6.83. The summed E-state index contributed by atoms with van der Waals surface area (Å²) < 4.78 is 10.9. The fourth-order valence-electron chi connectivity index (χ4n) is 1.77. The maximum atomic E-state index is 9.29. The van der Waals surface area contributed by atoms with Crippen molar-refractivity contribution in [2.45, 2.75) is 51.2 Å². The standard InChI is InChI=1S/C11H22O3/c1-2-13-8-3-9-14-11-6-4-10(12)5-7-11/h10-12H,2-9H2,1H3. The zero-order valence-electron chi connectivity index (χ0n) is 9.08. The highest BCUT2D eigenvalue weighted by molar-refractivity contribution is 4.71. The summed E-state index contributed by atoms with van der Waals surface area (Å²) in [6.45, 7) is 4.38. The summed E-state index contributed by atoms with van der Waals surface area (Å²) in [7, 11) is 0. The Morgan fingerprint density at radius 3 is 2.50 bits per heavy atom. The van der Waals surface area contributed by atoms with E-state index >= 15 is 0 Å². The SMILES string of the molecule is CCOCCCOC1CCC(O)CC1. The molecule has 0 aromatic rings. The smallest absolute Gasteiger partial charge is 0.0577 e. The van der Waals surface area contributed by atoms with Gasteiger partial charge in [0.05, 0.1) is 12.2 Å². The van der Waals surface area contributed by atoms with Crippen molar-refractivity contribution < 1.29 is 14.6 Å². The van der Waals surface area contributed by atoms with E-state index in [1.165, 1.54) is 0 Å². The topological polar surface area (TPSA) is 38.7 Å². The Kier molecular flexibility index (Phi) is 6.15. The molecule has 3 nitrogen and oxygen atoms in total. The van der Waals surface area contributed by atoms with E-state index in [0.29, 0.717) is 6.10 Å². The average Bonchev–Trinajstić information content (AvgIpc) is 2.21. The molecule has 0 bridgehead atoms. The molecule has 0 atom stereocenters. The number of aliphatic hydroxyl groups excluding tert-OH is 1. The highest BCUT2D eigenvalue weighted by Gasteiger charge is 2.19. The predicted octanol–water partition coefficient (Wildman–Crippen LogP) is 1.73. The van der Waals surface area contributed by atoms with Crippen molar-refractivity contribution in [3.63, 3.8) is 0 Å². The minimum Gasteiger partial charge on any atom is -0.393 e. The van der Waals surface area contributed by atoms with Gasteiger partial charge in [0.2, 0.25) is 0 Å². The lowest BCUT2D eigenvalue weighted by Crippen LogP contribution is -2.24. The van der Waals surface area contributed by atoms with Crippen molar-refractivity contribution in [2.24, 2.45) is 0 Å². The first-order valence-electron chi connectivity index (χ1n) is 5.70. The maximum Gasteiger partial charge on any atom is 0.0577 e. The molecule has 0 unspecified atom stereocenters. The van der Waals surface area contributed by atoms with Gasteiger partial charge in [-0.1, -0.05) is 0 Å². The molecule has 0 saturated heterocycles. The quantitative estimate of drug-likeness (QED) is 0.667. The molecule has 0 aromatic carbocycles. The summed E-state index contributed by atoms with van der Waals surface area (Å²) in [5, 5.41) is 9.29. The van der Waals surface area contributed by atoms with Crippen LogP contribution < -0.4 is 0 Å². The second kappa shape index (κ2) is 7.21. The molecule has 14 heavy (non-hydrogen) atoms. The lowest BCUT2D eigenvalue weighted by molar-refractivity contribution is -0.0108. The maximum absolute atomic E-state index is 9.29. The van der Waals surface area contributed by atoms with Gasteiger partial charge in [-0.05, 0) is 39.0 Å². The molecule has 1 N–H and O–H groups in total. The van der Waals surface area contributed by atoms with E-state index in [4.69, 9.17) is 9.47 Å². The van der Waals surface area contributed by atoms with Gasteiger partial charge in [-0.15, -0.1) is 0 Å². The largest absolute Gasteiger partial charge is 0.393 e. The molecule has 1 aliphatic rings. The van der Waals surface area contributed by atoms with E-state index in [-0.39, 0.29) is 6.10 Å². The van der Waals surface area contributed by atoms with Crippen LogP contribution in [0.25, 0.3) is 0 Å². The third kappa shape index (κ3) is 4.94. The molecule has 3 heteroatoms. The Labute approximate surface area is 86.4 Å². The van der Waals surface area contributed by atoms with Gasteiger partial charge in [-0.25, -0.2) is 0 Å². The Morgan fingerprint density at radius 1 is 1.14 bits per heavy atom. The Hall–Kier alpha value is -0.120. The third-order valence-corrected chi connectivity index (χ3v) is 2.63. The molecule has 1 saturated carbocycles. The number of aliphatic hydroxyl groups is 1. The first kappa shape index (κ1) is 12.0. The van der Waals surface area contributed by atoms with Crippen LogP contribution in [0.5, 0.6) is 0 Å². The number of hydrogen-bond acceptors (Lipinski definition) is 3. The fourth-order valence-corrected chi connectivity index (χ4v) is 1.77. The van der Waals surface area contributed by atoms with Gasteiger partial charge < -0.3 is 14.6 Å². The monoisotopic (exact) mass is 202 g/mol. The summed E-state index contributed by atoms with van der Waals surface area (Å²) in [5.74, 6) is 0. The second-order valence-corrected chi connectivity index (χ2v) is 3.85. The van der Waals surface area contributed by atoms with Gasteiger partial charge in [0, 0.05) is 19.8 Å². The molecular formula is C11H22O3. The van der Waals surface area contributed by atoms with Crippen LogP contribution in [0.2, 0.25) is 0 Å². The molecular weight excluding hydrogens is 180 g/mol. The molecule has 1 rings (SSSR count). The molecule has 0 spiro atoms. The Morgan fingerprint density at radius 2 is 1.86 bits per heavy atom. The van der Waals surface area contributed by atoms with Crippen LogP contribution in [-0.4, -0.2) is 37.1 Å². The van der Waals surface area contributed by atoms with Gasteiger partial charge in [0.25, 0.3) is 0 Å². The molecule has 0 heterocycles. The van der Waals surface area contributed by atoms with Crippen LogP contribution in [0.1, 0.15) is 39.0 Å². The highest BCUT2D eigenvalue weighted by Crippen LogP contribution is 2.20. The number of hydrogen-bond donors (Lipinski definition) is 1. The van der Waals surface area contributed by atoms with Crippen LogP contribution in [0, 0.1) is 0 Å². The molecule has 1 aliphatic carbocycles. The van der Waals surface area contributed by atoms with E-state index in [1.807, 2.05) is 6.92 Å². The normalized spacial score (nSPS) is 27.9. The number of rotatable bonds is 6. The van der Waals surface area contributed by atoms with Crippen molar-refractivity contribution >= 4 is 0 Å². The van der Waals surface area contributed by atoms with Crippen LogP contribution >= 0.6 is 0 Å². The summed E-state index contributed by atoms with van der Waals surface area (Å²) in [4.78, 5) is 0. The van der Waals surface area contributed by atoms with Crippen molar-refractivity contribution in [3.8, 4) is 0 Å². The molecule has 0 aliphatic heterocycles. The van der Waals surface area contributed by atoms with Gasteiger partial charge in [-0.2, -0.15) is 0 Å². The van der Waals surface area contributed by atoms with Crippen molar-refractivity contribution in [1.82, 2.24) is 0 Å². The second-order valence-electron chi connectivity index (χ2n) is 3.85. The van der Waals surface area contributed by atoms with E-state index in [9.17, 15) is 5.11 Å². The van der Waals surface area contributed by atoms with E-state index in [2.05, 4.69) is 0 Å². The third-order valence-electron chi connectivity index (χ3n) is 2.63. The van der Waals surface area contributed by atoms with Crippen molar-refractivity contribution in [2.75, 3.05) is 19.8 Å². The molecule has 84 valence electrons. The Balaban J connectivity index is 1.91. The summed E-state index contributed by atoms with van der Waals surface area (Å²) in [6, 6.07) is 0. The van der Waals surface area contributed by atoms with E-state index in [1.54, 1.807) is 0 Å². The molecule has 0 amide bonds. The zero-order chi connectivity index (χ0) is 10.2. The van der Waals surface area contributed by atoms with Gasteiger partial charge in [-0.3, -0.25) is 0 Å². The minimum atomic E-state index is -0.0849. The highest BCUT2D eigenvalue weighted by atomic mass is 16.5. The van der Waals surface area contributed by atoms with Gasteiger partial charge in [0.15, 0.2) is 0 Å². The van der Waals surface area contributed by atoms with Crippen LogP contribution in [-0.2, 0) is 9.47 Å². The van der Waals surface area contributed by atoms with E-state index < -0.39 is 0 Å². The molecule has 1 fully saturated rings. The van der Waals surface area contributed by atoms with Gasteiger partial charge in [0.1, 0.15) is 0 Å². The summed E-state index contributed by atoms with van der Waals surface area (Å²) in [5.41, 5.74) is 0. The number of ether oxygens (including phenoxy) is 2. The van der Waals surface area contributed by atoms with Crippen LogP contribution in [0.4, 0.5) is 0 Å². The molecule has 0 aromatic heterocycles. The van der Waals surface area contributed by atoms with Gasteiger partial charge >= 0.3 is 0 Å². The van der Waals surface area contributed by atoms with Crippen molar-refractivity contribution in [1.29, 1.82) is 0 Å².